The summed E-state index contributed by atoms with van der Waals surface area (Å²) in [7, 11) is 1.60. The lowest BCUT2D eigenvalue weighted by molar-refractivity contribution is -0.141. The molecule has 0 fully saturated rings. The highest BCUT2D eigenvalue weighted by Crippen LogP contribution is 2.23. The van der Waals surface area contributed by atoms with E-state index in [9.17, 15) is 9.59 Å². The fraction of sp³-hybridized carbons (Fsp3) is 0.259. The molecule has 0 unspecified atom stereocenters. The van der Waals surface area contributed by atoms with Gasteiger partial charge >= 0.3 is 0 Å². The monoisotopic (exact) mass is 514 g/mol. The number of likely N-dealkylation sites (N-methyl/N-ethyl adjacent to an activating group) is 1. The van der Waals surface area contributed by atoms with Gasteiger partial charge in [0.25, 0.3) is 0 Å². The van der Waals surface area contributed by atoms with Gasteiger partial charge in [0.1, 0.15) is 6.04 Å². The number of halogens is 2. The quantitative estimate of drug-likeness (QED) is 0.243. The van der Waals surface area contributed by atoms with E-state index in [4.69, 9.17) is 23.2 Å². The van der Waals surface area contributed by atoms with Gasteiger partial charge in [-0.3, -0.25) is 9.59 Å². The molecule has 1 atom stereocenters. The first-order chi connectivity index (χ1) is 16.5. The van der Waals surface area contributed by atoms with E-state index in [2.05, 4.69) is 5.32 Å². The van der Waals surface area contributed by atoms with Gasteiger partial charge in [-0.15, -0.1) is 11.8 Å². The van der Waals surface area contributed by atoms with Crippen LogP contribution in [0.5, 0.6) is 0 Å². The van der Waals surface area contributed by atoms with Crippen molar-refractivity contribution in [3.05, 3.63) is 100 Å². The topological polar surface area (TPSA) is 49.4 Å². The maximum atomic E-state index is 13.4. The molecule has 2 amide bonds. The number of nitrogens with one attached hydrogen (secondary N) is 1. The van der Waals surface area contributed by atoms with Crippen molar-refractivity contribution in [2.45, 2.75) is 36.7 Å². The summed E-state index contributed by atoms with van der Waals surface area (Å²) in [5.74, 6) is 0.554. The van der Waals surface area contributed by atoms with Crippen molar-refractivity contribution in [2.24, 2.45) is 0 Å². The van der Waals surface area contributed by atoms with Crippen LogP contribution in [0.3, 0.4) is 0 Å². The molecule has 0 bridgehead atoms. The van der Waals surface area contributed by atoms with Crippen LogP contribution in [-0.2, 0) is 22.6 Å². The van der Waals surface area contributed by atoms with Crippen LogP contribution in [0.25, 0.3) is 0 Å². The fourth-order valence-electron chi connectivity index (χ4n) is 3.64. The lowest BCUT2D eigenvalue weighted by Gasteiger charge is -2.31. The lowest BCUT2D eigenvalue weighted by Crippen LogP contribution is -2.49. The van der Waals surface area contributed by atoms with Crippen molar-refractivity contribution in [1.29, 1.82) is 0 Å². The highest BCUT2D eigenvalue weighted by Gasteiger charge is 2.29. The van der Waals surface area contributed by atoms with Gasteiger partial charge in [0.05, 0.1) is 0 Å². The smallest absolute Gasteiger partial charge is 0.242 e. The normalized spacial score (nSPS) is 11.6. The number of amides is 2. The second kappa shape index (κ2) is 13.4. The van der Waals surface area contributed by atoms with E-state index >= 15 is 0 Å². The Morgan fingerprint density at radius 1 is 0.912 bits per heavy atom. The molecule has 34 heavy (non-hydrogen) atoms. The Labute approximate surface area is 215 Å². The molecule has 0 aliphatic heterocycles. The largest absolute Gasteiger partial charge is 0.357 e. The molecule has 0 radical (unpaired) electrons. The van der Waals surface area contributed by atoms with Gasteiger partial charge in [0, 0.05) is 41.4 Å². The molecular formula is C27H28Cl2N2O2S. The van der Waals surface area contributed by atoms with Crippen molar-refractivity contribution in [2.75, 3.05) is 12.8 Å². The summed E-state index contributed by atoms with van der Waals surface area (Å²) in [5, 5.41) is 4.04. The molecule has 0 saturated heterocycles. The maximum absolute atomic E-state index is 13.4. The van der Waals surface area contributed by atoms with Gasteiger partial charge < -0.3 is 10.2 Å². The number of hydrogen-bond acceptors (Lipinski definition) is 3. The summed E-state index contributed by atoms with van der Waals surface area (Å²) in [5.41, 5.74) is 1.89. The molecule has 0 saturated carbocycles. The number of nitrogens with zero attached hydrogens (tertiary/aromatic N) is 1. The summed E-state index contributed by atoms with van der Waals surface area (Å²) in [6, 6.07) is 24.2. The highest BCUT2D eigenvalue weighted by molar-refractivity contribution is 7.99. The van der Waals surface area contributed by atoms with Crippen LogP contribution < -0.4 is 5.32 Å². The Hall–Kier alpha value is -2.47. The summed E-state index contributed by atoms with van der Waals surface area (Å²) in [4.78, 5) is 29.1. The van der Waals surface area contributed by atoms with Crippen LogP contribution in [0.2, 0.25) is 10.0 Å². The first-order valence-corrected chi connectivity index (χ1v) is 12.9. The molecule has 3 aromatic rings. The van der Waals surface area contributed by atoms with Crippen molar-refractivity contribution < 1.29 is 9.59 Å². The van der Waals surface area contributed by atoms with Crippen molar-refractivity contribution in [1.82, 2.24) is 10.2 Å². The summed E-state index contributed by atoms with van der Waals surface area (Å²) >= 11 is 13.8. The van der Waals surface area contributed by atoms with E-state index in [0.29, 0.717) is 35.9 Å². The number of hydrogen-bond donors (Lipinski definition) is 1. The molecule has 0 spiro atoms. The molecule has 178 valence electrons. The van der Waals surface area contributed by atoms with Crippen molar-refractivity contribution in [3.63, 3.8) is 0 Å². The molecule has 0 aliphatic carbocycles. The van der Waals surface area contributed by atoms with Crippen LogP contribution >= 0.6 is 35.0 Å². The number of benzene rings is 3. The minimum Gasteiger partial charge on any atom is -0.357 e. The third kappa shape index (κ3) is 8.08. The molecule has 0 aliphatic rings. The highest BCUT2D eigenvalue weighted by atomic mass is 35.5. The number of thioether (sulfide) groups is 1. The predicted octanol–water partition coefficient (Wildman–Crippen LogP) is 6.25. The van der Waals surface area contributed by atoms with E-state index in [0.717, 1.165) is 21.8 Å². The zero-order chi connectivity index (χ0) is 24.3. The van der Waals surface area contributed by atoms with Crippen LogP contribution in [0.15, 0.2) is 83.8 Å². The Bertz CT molecular complexity index is 1080. The van der Waals surface area contributed by atoms with Crippen LogP contribution in [0.1, 0.15) is 24.0 Å². The van der Waals surface area contributed by atoms with Crippen molar-refractivity contribution in [3.8, 4) is 0 Å². The van der Waals surface area contributed by atoms with Gasteiger partial charge in [-0.25, -0.2) is 0 Å². The third-order valence-corrected chi connectivity index (χ3v) is 6.96. The first kappa shape index (κ1) is 26.1. The minimum absolute atomic E-state index is 0.0544. The van der Waals surface area contributed by atoms with Crippen molar-refractivity contribution >= 4 is 46.8 Å². The maximum Gasteiger partial charge on any atom is 0.242 e. The average Bonchev–Trinajstić information content (AvgIpc) is 2.85. The molecular weight excluding hydrogens is 487 g/mol. The first-order valence-electron chi connectivity index (χ1n) is 11.1. The Kier molecular flexibility index (Phi) is 10.3. The lowest BCUT2D eigenvalue weighted by atomic mass is 10.0. The Morgan fingerprint density at radius 2 is 1.62 bits per heavy atom. The number of rotatable bonds is 11. The number of carbonyl (C=O) groups excluding carboxylic acids is 2. The second-order valence-corrected chi connectivity index (χ2v) is 9.92. The molecule has 3 aromatic carbocycles. The molecule has 3 rings (SSSR count). The van der Waals surface area contributed by atoms with Gasteiger partial charge in [-0.05, 0) is 59.7 Å². The number of carbonyl (C=O) groups is 2. The van der Waals surface area contributed by atoms with E-state index in [1.165, 1.54) is 0 Å². The molecule has 7 heteroatoms. The van der Waals surface area contributed by atoms with Gasteiger partial charge in [0.2, 0.25) is 11.8 Å². The minimum atomic E-state index is -0.622. The standard InChI is InChI=1S/C27H28Cl2N2O2S/c1-30-27(33)25(18-20-7-3-2-4-8-20)31(19-21-9-5-10-23(29)17-21)26(32)11-6-16-34-24-14-12-22(28)13-15-24/h2-5,7-10,12-15,17,25H,6,11,16,18-19H2,1H3,(H,30,33)/t25-/m1/s1. The van der Waals surface area contributed by atoms with Crippen LogP contribution in [-0.4, -0.2) is 35.6 Å². The molecule has 4 nitrogen and oxygen atoms in total. The van der Waals surface area contributed by atoms with Gasteiger partial charge in [-0.1, -0.05) is 65.7 Å². The zero-order valence-electron chi connectivity index (χ0n) is 19.0. The third-order valence-electron chi connectivity index (χ3n) is 5.38. The zero-order valence-corrected chi connectivity index (χ0v) is 21.4. The molecule has 0 heterocycles. The van der Waals surface area contributed by atoms with E-state index in [1.807, 2.05) is 72.8 Å². The van der Waals surface area contributed by atoms with Gasteiger partial charge in [0.15, 0.2) is 0 Å². The summed E-state index contributed by atoms with van der Waals surface area (Å²) < 4.78 is 0. The van der Waals surface area contributed by atoms with E-state index in [1.54, 1.807) is 29.8 Å². The molecule has 1 N–H and O–H groups in total. The van der Waals surface area contributed by atoms with Crippen LogP contribution in [0, 0.1) is 0 Å². The van der Waals surface area contributed by atoms with E-state index < -0.39 is 6.04 Å². The van der Waals surface area contributed by atoms with Gasteiger partial charge in [-0.2, -0.15) is 0 Å². The Morgan fingerprint density at radius 3 is 2.29 bits per heavy atom. The summed E-state index contributed by atoms with van der Waals surface area (Å²) in [6.07, 6.45) is 1.49. The summed E-state index contributed by atoms with van der Waals surface area (Å²) in [6.45, 7) is 0.314. The average molecular weight is 516 g/mol. The van der Waals surface area contributed by atoms with E-state index in [-0.39, 0.29) is 11.8 Å². The molecule has 0 aromatic heterocycles. The second-order valence-electron chi connectivity index (χ2n) is 7.88. The Balaban J connectivity index is 1.74. The predicted molar refractivity (Wildman–Crippen MR) is 141 cm³/mol. The van der Waals surface area contributed by atoms with Crippen LogP contribution in [0.4, 0.5) is 0 Å². The fourth-order valence-corrected chi connectivity index (χ4v) is 4.83. The SMILES string of the molecule is CNC(=O)[C@@H](Cc1ccccc1)N(Cc1cccc(Cl)c1)C(=O)CCCSc1ccc(Cl)cc1.